The van der Waals surface area contributed by atoms with Gasteiger partial charge in [0, 0.05) is 13.0 Å². The number of carboxylic acids is 1. The van der Waals surface area contributed by atoms with E-state index >= 15 is 0 Å². The number of rotatable bonds is 4. The normalized spacial score (nSPS) is 19.9. The van der Waals surface area contributed by atoms with E-state index in [-0.39, 0.29) is 12.2 Å². The molecule has 1 fully saturated rings. The van der Waals surface area contributed by atoms with Crippen molar-refractivity contribution in [3.8, 4) is 11.1 Å². The second-order valence-electron chi connectivity index (χ2n) is 5.65. The lowest BCUT2D eigenvalue weighted by Crippen LogP contribution is -2.30. The van der Waals surface area contributed by atoms with Gasteiger partial charge < -0.3 is 15.2 Å². The molecule has 6 heteroatoms. The highest BCUT2D eigenvalue weighted by Crippen LogP contribution is 2.21. The van der Waals surface area contributed by atoms with Gasteiger partial charge in [-0.25, -0.2) is 9.18 Å². The number of carboxylic acid groups (broad SMARTS) is 1. The van der Waals surface area contributed by atoms with Crippen molar-refractivity contribution in [1.82, 2.24) is 5.32 Å². The third-order valence-electron chi connectivity index (χ3n) is 3.96. The van der Waals surface area contributed by atoms with E-state index < -0.39 is 24.1 Å². The third kappa shape index (κ3) is 3.60. The first-order chi connectivity index (χ1) is 11.5. The molecule has 0 amide bonds. The molecular weight excluding hydrogens is 313 g/mol. The molecule has 1 saturated heterocycles. The smallest absolute Gasteiger partial charge is 0.338 e. The number of halogens is 1. The fourth-order valence-electron chi connectivity index (χ4n) is 2.64. The second-order valence-corrected chi connectivity index (χ2v) is 5.65. The SMILES string of the molecule is O=C(OC1CNC(C(=O)O)C1)c1ccc(-c2ccc(F)cc2)cc1. The Morgan fingerprint density at radius 3 is 2.17 bits per heavy atom. The lowest BCUT2D eigenvalue weighted by molar-refractivity contribution is -0.139. The molecule has 0 saturated carbocycles. The Morgan fingerprint density at radius 2 is 1.62 bits per heavy atom. The van der Waals surface area contributed by atoms with E-state index in [9.17, 15) is 14.0 Å². The molecule has 0 radical (unpaired) electrons. The number of ether oxygens (including phenoxy) is 1. The fourth-order valence-corrected chi connectivity index (χ4v) is 2.64. The predicted octanol–water partition coefficient (Wildman–Crippen LogP) is 2.46. The molecule has 0 spiro atoms. The van der Waals surface area contributed by atoms with Crippen LogP contribution in [0.4, 0.5) is 4.39 Å². The summed E-state index contributed by atoms with van der Waals surface area (Å²) < 4.78 is 18.3. The Kier molecular flexibility index (Phi) is 4.57. The maximum Gasteiger partial charge on any atom is 0.338 e. The minimum Gasteiger partial charge on any atom is -0.480 e. The van der Waals surface area contributed by atoms with Crippen LogP contribution in [-0.4, -0.2) is 35.7 Å². The van der Waals surface area contributed by atoms with Gasteiger partial charge in [0.05, 0.1) is 5.56 Å². The molecule has 3 rings (SSSR count). The number of carbonyl (C=O) groups excluding carboxylic acids is 1. The molecule has 2 unspecified atom stereocenters. The molecule has 0 bridgehead atoms. The maximum absolute atomic E-state index is 12.9. The lowest BCUT2D eigenvalue weighted by Gasteiger charge is -2.11. The number of hydrogen-bond donors (Lipinski definition) is 2. The number of aliphatic carboxylic acids is 1. The van der Waals surface area contributed by atoms with Crippen molar-refractivity contribution in [3.05, 3.63) is 59.9 Å². The first-order valence-corrected chi connectivity index (χ1v) is 7.56. The summed E-state index contributed by atoms with van der Waals surface area (Å²) in [5.74, 6) is -1.74. The van der Waals surface area contributed by atoms with Crippen LogP contribution in [-0.2, 0) is 9.53 Å². The molecule has 2 aromatic rings. The summed E-state index contributed by atoms with van der Waals surface area (Å²) in [6, 6.07) is 12.2. The van der Waals surface area contributed by atoms with E-state index in [1.807, 2.05) is 0 Å². The second kappa shape index (κ2) is 6.80. The summed E-state index contributed by atoms with van der Waals surface area (Å²) >= 11 is 0. The summed E-state index contributed by atoms with van der Waals surface area (Å²) in [6.07, 6.45) is -0.190. The Balaban J connectivity index is 1.64. The average Bonchev–Trinajstić information content (AvgIpc) is 3.04. The molecule has 2 atom stereocenters. The highest BCUT2D eigenvalue weighted by Gasteiger charge is 2.31. The van der Waals surface area contributed by atoms with Gasteiger partial charge in [-0.1, -0.05) is 24.3 Å². The largest absolute Gasteiger partial charge is 0.480 e. The van der Waals surface area contributed by atoms with Crippen LogP contribution in [0.2, 0.25) is 0 Å². The van der Waals surface area contributed by atoms with E-state index in [1.165, 1.54) is 12.1 Å². The predicted molar refractivity (Wildman–Crippen MR) is 85.1 cm³/mol. The standard InChI is InChI=1S/C18H16FNO4/c19-14-7-5-12(6-8-14)11-1-3-13(4-2-11)18(23)24-15-9-16(17(21)22)20-10-15/h1-8,15-16,20H,9-10H2,(H,21,22). The van der Waals surface area contributed by atoms with Crippen LogP contribution in [0.25, 0.3) is 11.1 Å². The molecular formula is C18H16FNO4. The number of benzene rings is 2. The highest BCUT2D eigenvalue weighted by molar-refractivity contribution is 5.90. The quantitative estimate of drug-likeness (QED) is 0.843. The lowest BCUT2D eigenvalue weighted by atomic mass is 10.0. The Bertz CT molecular complexity index is 743. The number of carbonyl (C=O) groups is 2. The first-order valence-electron chi connectivity index (χ1n) is 7.56. The number of esters is 1. The zero-order valence-corrected chi connectivity index (χ0v) is 12.7. The zero-order chi connectivity index (χ0) is 17.1. The van der Waals surface area contributed by atoms with Gasteiger partial charge in [-0.2, -0.15) is 0 Å². The minimum absolute atomic E-state index is 0.259. The van der Waals surface area contributed by atoms with Gasteiger partial charge in [0.25, 0.3) is 0 Å². The van der Waals surface area contributed by atoms with E-state index in [2.05, 4.69) is 5.32 Å². The van der Waals surface area contributed by atoms with Crippen molar-refractivity contribution in [2.24, 2.45) is 0 Å². The van der Waals surface area contributed by atoms with Gasteiger partial charge in [0.2, 0.25) is 0 Å². The van der Waals surface area contributed by atoms with Crippen molar-refractivity contribution in [1.29, 1.82) is 0 Å². The van der Waals surface area contributed by atoms with Crippen molar-refractivity contribution in [2.45, 2.75) is 18.6 Å². The van der Waals surface area contributed by atoms with Crippen LogP contribution in [0.15, 0.2) is 48.5 Å². The van der Waals surface area contributed by atoms with E-state index in [1.54, 1.807) is 36.4 Å². The third-order valence-corrected chi connectivity index (χ3v) is 3.96. The van der Waals surface area contributed by atoms with E-state index in [0.29, 0.717) is 12.1 Å². The summed E-state index contributed by atoms with van der Waals surface area (Å²) in [4.78, 5) is 23.0. The zero-order valence-electron chi connectivity index (χ0n) is 12.7. The van der Waals surface area contributed by atoms with Crippen LogP contribution in [0.5, 0.6) is 0 Å². The van der Waals surface area contributed by atoms with Gasteiger partial charge in [-0.3, -0.25) is 4.79 Å². The topological polar surface area (TPSA) is 75.6 Å². The molecule has 0 aliphatic carbocycles. The summed E-state index contributed by atoms with van der Waals surface area (Å²) in [7, 11) is 0. The molecule has 2 N–H and O–H groups in total. The minimum atomic E-state index is -0.947. The van der Waals surface area contributed by atoms with Gasteiger partial charge in [-0.05, 0) is 35.4 Å². The summed E-state index contributed by atoms with van der Waals surface area (Å²) in [5.41, 5.74) is 2.10. The molecule has 124 valence electrons. The van der Waals surface area contributed by atoms with Crippen molar-refractivity contribution < 1.29 is 23.8 Å². The molecule has 5 nitrogen and oxygen atoms in total. The van der Waals surface area contributed by atoms with Crippen molar-refractivity contribution >= 4 is 11.9 Å². The Hall–Kier alpha value is -2.73. The Labute approximate surface area is 138 Å². The van der Waals surface area contributed by atoms with Crippen LogP contribution >= 0.6 is 0 Å². The summed E-state index contributed by atoms with van der Waals surface area (Å²) in [5, 5.41) is 11.7. The van der Waals surface area contributed by atoms with Gasteiger partial charge in [-0.15, -0.1) is 0 Å². The first kappa shape index (κ1) is 16.1. The van der Waals surface area contributed by atoms with Crippen LogP contribution in [0.3, 0.4) is 0 Å². The van der Waals surface area contributed by atoms with Gasteiger partial charge in [0.1, 0.15) is 18.0 Å². The molecule has 24 heavy (non-hydrogen) atoms. The molecule has 1 aliphatic rings. The van der Waals surface area contributed by atoms with Crippen LogP contribution in [0, 0.1) is 5.82 Å². The molecule has 1 heterocycles. The van der Waals surface area contributed by atoms with Crippen LogP contribution < -0.4 is 5.32 Å². The van der Waals surface area contributed by atoms with Crippen molar-refractivity contribution in [2.75, 3.05) is 6.54 Å². The molecule has 1 aliphatic heterocycles. The Morgan fingerprint density at radius 1 is 1.04 bits per heavy atom. The van der Waals surface area contributed by atoms with Gasteiger partial charge in [0.15, 0.2) is 0 Å². The van der Waals surface area contributed by atoms with Crippen molar-refractivity contribution in [3.63, 3.8) is 0 Å². The monoisotopic (exact) mass is 329 g/mol. The van der Waals surface area contributed by atoms with Gasteiger partial charge >= 0.3 is 11.9 Å². The number of hydrogen-bond acceptors (Lipinski definition) is 4. The fraction of sp³-hybridized carbons (Fsp3) is 0.222. The summed E-state index contributed by atoms with van der Waals surface area (Å²) in [6.45, 7) is 0.330. The van der Waals surface area contributed by atoms with E-state index in [0.717, 1.165) is 11.1 Å². The highest BCUT2D eigenvalue weighted by atomic mass is 19.1. The average molecular weight is 329 g/mol. The molecule has 0 aromatic heterocycles. The van der Waals surface area contributed by atoms with E-state index in [4.69, 9.17) is 9.84 Å². The number of nitrogens with one attached hydrogen (secondary N) is 1. The van der Waals surface area contributed by atoms with Crippen LogP contribution in [0.1, 0.15) is 16.8 Å². The molecule has 2 aromatic carbocycles. The maximum atomic E-state index is 12.9.